The fourth-order valence-corrected chi connectivity index (χ4v) is 2.81. The molecule has 1 saturated heterocycles. The largest absolute Gasteiger partial charge is 0.381 e. The minimum atomic E-state index is 0.377. The molecular formula is C16H34N2O. The van der Waals surface area contributed by atoms with Gasteiger partial charge in [0.2, 0.25) is 0 Å². The Morgan fingerprint density at radius 1 is 1.32 bits per heavy atom. The lowest BCUT2D eigenvalue weighted by Crippen LogP contribution is -2.46. The summed E-state index contributed by atoms with van der Waals surface area (Å²) in [6.07, 6.45) is 3.61. The molecule has 0 aromatic heterocycles. The summed E-state index contributed by atoms with van der Waals surface area (Å²) in [5.41, 5.74) is 0.377. The molecule has 1 heterocycles. The van der Waals surface area contributed by atoms with E-state index in [9.17, 15) is 0 Å². The third kappa shape index (κ3) is 6.24. The molecule has 0 aromatic rings. The minimum Gasteiger partial charge on any atom is -0.381 e. The Morgan fingerprint density at radius 3 is 2.47 bits per heavy atom. The van der Waals surface area contributed by atoms with E-state index in [4.69, 9.17) is 4.74 Å². The lowest BCUT2D eigenvalue weighted by Gasteiger charge is -2.38. The highest BCUT2D eigenvalue weighted by atomic mass is 16.5. The van der Waals surface area contributed by atoms with Gasteiger partial charge in [-0.1, -0.05) is 27.7 Å². The van der Waals surface area contributed by atoms with Gasteiger partial charge in [0.1, 0.15) is 0 Å². The first-order valence-electron chi connectivity index (χ1n) is 7.95. The first-order valence-corrected chi connectivity index (χ1v) is 7.95. The average Bonchev–Trinajstić information content (AvgIpc) is 2.39. The number of nitrogens with zero attached hydrogens (tertiary/aromatic N) is 1. The van der Waals surface area contributed by atoms with Crippen LogP contribution in [-0.4, -0.2) is 50.8 Å². The van der Waals surface area contributed by atoms with Gasteiger partial charge in [-0.05, 0) is 44.2 Å². The normalized spacial score (nSPS) is 21.0. The van der Waals surface area contributed by atoms with Crippen LogP contribution in [0, 0.1) is 11.3 Å². The molecule has 1 fully saturated rings. The van der Waals surface area contributed by atoms with E-state index in [1.165, 1.54) is 25.8 Å². The van der Waals surface area contributed by atoms with Gasteiger partial charge in [-0.2, -0.15) is 0 Å². The monoisotopic (exact) mass is 270 g/mol. The third-order valence-corrected chi connectivity index (χ3v) is 4.40. The Bertz CT molecular complexity index is 239. The summed E-state index contributed by atoms with van der Waals surface area (Å²) < 4.78 is 5.46. The molecule has 1 aliphatic heterocycles. The standard InChI is InChI=1S/C16H34N2O/c1-6-16(4,12-17-11-14(2)3)13-18(5)15-7-9-19-10-8-15/h14-15,17H,6-13H2,1-5H3. The molecule has 114 valence electrons. The summed E-state index contributed by atoms with van der Waals surface area (Å²) in [5.74, 6) is 0.731. The predicted octanol–water partition coefficient (Wildman–Crippen LogP) is 2.76. The zero-order valence-corrected chi connectivity index (χ0v) is 13.7. The van der Waals surface area contributed by atoms with Crippen molar-refractivity contribution in [3.63, 3.8) is 0 Å². The molecular weight excluding hydrogens is 236 g/mol. The van der Waals surface area contributed by atoms with Crippen LogP contribution < -0.4 is 5.32 Å². The summed E-state index contributed by atoms with van der Waals surface area (Å²) in [4.78, 5) is 2.56. The van der Waals surface area contributed by atoms with Crippen LogP contribution in [0.25, 0.3) is 0 Å². The topological polar surface area (TPSA) is 24.5 Å². The quantitative estimate of drug-likeness (QED) is 0.734. The maximum absolute atomic E-state index is 5.46. The molecule has 0 aromatic carbocycles. The zero-order valence-electron chi connectivity index (χ0n) is 13.7. The van der Waals surface area contributed by atoms with Gasteiger partial charge in [-0.25, -0.2) is 0 Å². The molecule has 1 rings (SSSR count). The molecule has 0 saturated carbocycles. The van der Waals surface area contributed by atoms with Crippen LogP contribution in [0.2, 0.25) is 0 Å². The van der Waals surface area contributed by atoms with E-state index in [1.807, 2.05) is 0 Å². The van der Waals surface area contributed by atoms with E-state index >= 15 is 0 Å². The molecule has 3 nitrogen and oxygen atoms in total. The molecule has 0 aliphatic carbocycles. The van der Waals surface area contributed by atoms with Crippen molar-refractivity contribution < 1.29 is 4.74 Å². The van der Waals surface area contributed by atoms with Gasteiger partial charge in [0, 0.05) is 32.3 Å². The first kappa shape index (κ1) is 16.9. The van der Waals surface area contributed by atoms with Crippen molar-refractivity contribution in [2.24, 2.45) is 11.3 Å². The van der Waals surface area contributed by atoms with E-state index in [2.05, 4.69) is 45.0 Å². The number of nitrogens with one attached hydrogen (secondary N) is 1. The highest BCUT2D eigenvalue weighted by Gasteiger charge is 2.27. The molecule has 0 bridgehead atoms. The van der Waals surface area contributed by atoms with Gasteiger partial charge in [-0.3, -0.25) is 0 Å². The number of hydrogen-bond donors (Lipinski definition) is 1. The van der Waals surface area contributed by atoms with Gasteiger partial charge in [0.25, 0.3) is 0 Å². The maximum Gasteiger partial charge on any atom is 0.0480 e. The highest BCUT2D eigenvalue weighted by Crippen LogP contribution is 2.24. The van der Waals surface area contributed by atoms with Crippen molar-refractivity contribution in [2.45, 2.75) is 53.0 Å². The van der Waals surface area contributed by atoms with Crippen molar-refractivity contribution in [3.05, 3.63) is 0 Å². The molecule has 0 radical (unpaired) electrons. The second-order valence-corrected chi connectivity index (χ2v) is 6.95. The van der Waals surface area contributed by atoms with Crippen LogP contribution in [0.15, 0.2) is 0 Å². The van der Waals surface area contributed by atoms with Gasteiger partial charge in [-0.15, -0.1) is 0 Å². The van der Waals surface area contributed by atoms with Crippen molar-refractivity contribution in [1.82, 2.24) is 10.2 Å². The Labute approximate surface area is 120 Å². The van der Waals surface area contributed by atoms with Crippen molar-refractivity contribution >= 4 is 0 Å². The van der Waals surface area contributed by atoms with E-state index in [0.29, 0.717) is 11.5 Å². The second kappa shape index (κ2) is 8.23. The number of hydrogen-bond acceptors (Lipinski definition) is 3. The highest BCUT2D eigenvalue weighted by molar-refractivity contribution is 4.82. The molecule has 1 unspecified atom stereocenters. The second-order valence-electron chi connectivity index (χ2n) is 6.95. The summed E-state index contributed by atoms with van der Waals surface area (Å²) in [6, 6.07) is 0.713. The minimum absolute atomic E-state index is 0.377. The van der Waals surface area contributed by atoms with Crippen LogP contribution in [0.3, 0.4) is 0 Å². The molecule has 1 atom stereocenters. The van der Waals surface area contributed by atoms with E-state index < -0.39 is 0 Å². The third-order valence-electron chi connectivity index (χ3n) is 4.40. The van der Waals surface area contributed by atoms with Crippen LogP contribution >= 0.6 is 0 Å². The summed E-state index contributed by atoms with van der Waals surface area (Å²) in [6.45, 7) is 14.6. The SMILES string of the molecule is CCC(C)(CNCC(C)C)CN(C)C1CCOCC1. The molecule has 3 heteroatoms. The maximum atomic E-state index is 5.46. The fourth-order valence-electron chi connectivity index (χ4n) is 2.81. The predicted molar refractivity (Wildman–Crippen MR) is 82.6 cm³/mol. The Kier molecular flexibility index (Phi) is 7.33. The number of rotatable bonds is 8. The Balaban J connectivity index is 2.39. The van der Waals surface area contributed by atoms with Crippen molar-refractivity contribution in [3.8, 4) is 0 Å². The van der Waals surface area contributed by atoms with Crippen LogP contribution in [-0.2, 0) is 4.74 Å². The van der Waals surface area contributed by atoms with Gasteiger partial charge >= 0.3 is 0 Å². The van der Waals surface area contributed by atoms with E-state index in [0.717, 1.165) is 32.2 Å². The number of ether oxygens (including phenoxy) is 1. The van der Waals surface area contributed by atoms with Gasteiger partial charge in [0.05, 0.1) is 0 Å². The average molecular weight is 270 g/mol. The van der Waals surface area contributed by atoms with E-state index in [1.54, 1.807) is 0 Å². The van der Waals surface area contributed by atoms with Gasteiger partial charge < -0.3 is 15.0 Å². The fraction of sp³-hybridized carbons (Fsp3) is 1.00. The summed E-state index contributed by atoms with van der Waals surface area (Å²) >= 11 is 0. The Hall–Kier alpha value is -0.120. The van der Waals surface area contributed by atoms with Crippen LogP contribution in [0.5, 0.6) is 0 Å². The molecule has 1 aliphatic rings. The molecule has 1 N–H and O–H groups in total. The molecule has 19 heavy (non-hydrogen) atoms. The Morgan fingerprint density at radius 2 is 1.95 bits per heavy atom. The van der Waals surface area contributed by atoms with Gasteiger partial charge in [0.15, 0.2) is 0 Å². The lowest BCUT2D eigenvalue weighted by atomic mass is 9.86. The lowest BCUT2D eigenvalue weighted by molar-refractivity contribution is 0.0286. The summed E-state index contributed by atoms with van der Waals surface area (Å²) in [5, 5.41) is 3.63. The van der Waals surface area contributed by atoms with Crippen molar-refractivity contribution in [2.75, 3.05) is 39.9 Å². The summed E-state index contributed by atoms with van der Waals surface area (Å²) in [7, 11) is 2.28. The molecule has 0 amide bonds. The van der Waals surface area contributed by atoms with Crippen LogP contribution in [0.4, 0.5) is 0 Å². The first-order chi connectivity index (χ1) is 8.97. The van der Waals surface area contributed by atoms with Crippen molar-refractivity contribution in [1.29, 1.82) is 0 Å². The molecule has 0 spiro atoms. The van der Waals surface area contributed by atoms with Crippen LogP contribution in [0.1, 0.15) is 47.0 Å². The van der Waals surface area contributed by atoms with E-state index in [-0.39, 0.29) is 0 Å². The smallest absolute Gasteiger partial charge is 0.0480 e. The zero-order chi connectivity index (χ0) is 14.3.